The van der Waals surface area contributed by atoms with Crippen LogP contribution in [0.1, 0.15) is 5.56 Å². The first-order chi connectivity index (χ1) is 4.75. The molecule has 0 fully saturated rings. The van der Waals surface area contributed by atoms with Crippen LogP contribution in [0.5, 0.6) is 0 Å². The summed E-state index contributed by atoms with van der Waals surface area (Å²) in [6.45, 7) is 0. The van der Waals surface area contributed by atoms with Gasteiger partial charge in [-0.25, -0.2) is 4.98 Å². The molecule has 0 amide bonds. The number of hydrogen-bond acceptors (Lipinski definition) is 3. The lowest BCUT2D eigenvalue weighted by molar-refractivity contribution is 1.25. The van der Waals surface area contributed by atoms with Crippen molar-refractivity contribution in [3.63, 3.8) is 0 Å². The van der Waals surface area contributed by atoms with Gasteiger partial charge in [-0.2, -0.15) is 5.26 Å². The van der Waals surface area contributed by atoms with Crippen molar-refractivity contribution in [2.45, 2.75) is 0 Å². The second-order valence-electron chi connectivity index (χ2n) is 1.68. The Hall–Kier alpha value is -1.08. The summed E-state index contributed by atoms with van der Waals surface area (Å²) in [5, 5.41) is 8.50. The number of aromatic nitrogens is 1. The molecule has 0 saturated heterocycles. The van der Waals surface area contributed by atoms with Gasteiger partial charge in [0.25, 0.3) is 0 Å². The molecule has 0 aromatic carbocycles. The van der Waals surface area contributed by atoms with Gasteiger partial charge < -0.3 is 5.73 Å². The van der Waals surface area contributed by atoms with E-state index in [1.807, 2.05) is 6.07 Å². The average Bonchev–Trinajstić information content (AvgIpc) is 1.88. The van der Waals surface area contributed by atoms with E-state index < -0.39 is 0 Å². The molecule has 2 N–H and O–H groups in total. The Kier molecular flexibility index (Phi) is 1.88. The van der Waals surface area contributed by atoms with Gasteiger partial charge in [-0.1, -0.05) is 0 Å². The van der Waals surface area contributed by atoms with Crippen molar-refractivity contribution in [2.24, 2.45) is 0 Å². The minimum absolute atomic E-state index is 0.391. The van der Waals surface area contributed by atoms with E-state index in [4.69, 9.17) is 11.0 Å². The fourth-order valence-electron chi connectivity index (χ4n) is 0.561. The van der Waals surface area contributed by atoms with Gasteiger partial charge in [-0.3, -0.25) is 0 Å². The maximum Gasteiger partial charge on any atom is 0.125 e. The van der Waals surface area contributed by atoms with Crippen molar-refractivity contribution in [3.05, 3.63) is 22.4 Å². The van der Waals surface area contributed by atoms with Gasteiger partial charge in [0, 0.05) is 6.20 Å². The predicted octanol–water partition coefficient (Wildman–Crippen LogP) is 1.30. The molecule has 0 atom stereocenters. The minimum atomic E-state index is 0.391. The van der Waals surface area contributed by atoms with E-state index in [1.165, 1.54) is 0 Å². The number of anilines is 1. The van der Waals surface area contributed by atoms with Crippen LogP contribution in [-0.2, 0) is 0 Å². The first-order valence-electron chi connectivity index (χ1n) is 2.56. The van der Waals surface area contributed by atoms with Crippen molar-refractivity contribution in [3.8, 4) is 6.07 Å². The van der Waals surface area contributed by atoms with Gasteiger partial charge in [0.1, 0.15) is 16.2 Å². The van der Waals surface area contributed by atoms with Crippen molar-refractivity contribution in [1.82, 2.24) is 4.98 Å². The molecule has 50 valence electrons. The molecule has 0 aliphatic carbocycles. The van der Waals surface area contributed by atoms with Crippen molar-refractivity contribution in [1.29, 1.82) is 5.26 Å². The van der Waals surface area contributed by atoms with Crippen LogP contribution in [-0.4, -0.2) is 4.98 Å². The maximum atomic E-state index is 8.50. The zero-order valence-electron chi connectivity index (χ0n) is 5.00. The predicted molar refractivity (Wildman–Crippen MR) is 41.1 cm³/mol. The molecule has 10 heavy (non-hydrogen) atoms. The quantitative estimate of drug-likeness (QED) is 0.639. The molecule has 0 bridgehead atoms. The van der Waals surface area contributed by atoms with E-state index in [9.17, 15) is 0 Å². The molecular weight excluding hydrogens is 194 g/mol. The molecule has 1 rings (SSSR count). The van der Waals surface area contributed by atoms with Crippen LogP contribution in [0.3, 0.4) is 0 Å². The van der Waals surface area contributed by atoms with Crippen LogP contribution in [0.2, 0.25) is 0 Å². The van der Waals surface area contributed by atoms with Gasteiger partial charge >= 0.3 is 0 Å². The molecule has 1 aromatic heterocycles. The van der Waals surface area contributed by atoms with Gasteiger partial charge in [-0.05, 0) is 22.0 Å². The lowest BCUT2D eigenvalue weighted by atomic mass is 10.3. The number of pyridine rings is 1. The third kappa shape index (κ3) is 1.09. The van der Waals surface area contributed by atoms with Gasteiger partial charge in [0.2, 0.25) is 0 Å². The molecule has 3 nitrogen and oxygen atoms in total. The lowest BCUT2D eigenvalue weighted by Gasteiger charge is -1.95. The third-order valence-corrected chi connectivity index (χ3v) is 1.65. The molecule has 4 heteroatoms. The second-order valence-corrected chi connectivity index (χ2v) is 2.43. The first-order valence-corrected chi connectivity index (χ1v) is 3.35. The summed E-state index contributed by atoms with van der Waals surface area (Å²) in [7, 11) is 0. The molecule has 0 aliphatic heterocycles. The highest BCUT2D eigenvalue weighted by Gasteiger charge is 2.01. The summed E-state index contributed by atoms with van der Waals surface area (Å²) >= 11 is 3.09. The van der Waals surface area contributed by atoms with E-state index in [2.05, 4.69) is 20.9 Å². The molecule has 0 saturated carbocycles. The van der Waals surface area contributed by atoms with Crippen LogP contribution in [0.15, 0.2) is 16.9 Å². The van der Waals surface area contributed by atoms with Crippen molar-refractivity contribution in [2.75, 3.05) is 5.73 Å². The molecule has 0 radical (unpaired) electrons. The Balaban J connectivity index is 3.34. The Morgan fingerprint density at radius 1 is 1.70 bits per heavy atom. The van der Waals surface area contributed by atoms with Crippen LogP contribution in [0.25, 0.3) is 0 Å². The Labute approximate surface area is 66.6 Å². The number of nitrogens with zero attached hydrogens (tertiary/aromatic N) is 2. The number of nitrogens with two attached hydrogens (primary N) is 1. The zero-order chi connectivity index (χ0) is 7.56. The Morgan fingerprint density at radius 3 is 2.80 bits per heavy atom. The molecule has 0 spiro atoms. The van der Waals surface area contributed by atoms with E-state index in [0.717, 1.165) is 0 Å². The lowest BCUT2D eigenvalue weighted by Crippen LogP contribution is -1.92. The summed E-state index contributed by atoms with van der Waals surface area (Å²) in [6, 6.07) is 3.52. The van der Waals surface area contributed by atoms with E-state index in [1.54, 1.807) is 12.3 Å². The third-order valence-electron chi connectivity index (χ3n) is 1.05. The highest BCUT2D eigenvalue weighted by Crippen LogP contribution is 2.17. The number of halogens is 1. The summed E-state index contributed by atoms with van der Waals surface area (Å²) in [5.74, 6) is 0. The molecular formula is C6H4BrN3. The summed E-state index contributed by atoms with van der Waals surface area (Å²) in [4.78, 5) is 3.82. The average molecular weight is 198 g/mol. The van der Waals surface area contributed by atoms with Crippen LogP contribution in [0, 0.1) is 11.3 Å². The molecule has 1 aromatic rings. The molecule has 0 unspecified atom stereocenters. The van der Waals surface area contributed by atoms with Gasteiger partial charge in [-0.15, -0.1) is 0 Å². The largest absolute Gasteiger partial charge is 0.398 e. The van der Waals surface area contributed by atoms with Gasteiger partial charge in [0.05, 0.1) is 5.69 Å². The van der Waals surface area contributed by atoms with Crippen LogP contribution >= 0.6 is 15.9 Å². The number of nitriles is 1. The van der Waals surface area contributed by atoms with E-state index in [0.29, 0.717) is 15.9 Å². The minimum Gasteiger partial charge on any atom is -0.398 e. The SMILES string of the molecule is N#Cc1c(N)ccnc1Br. The monoisotopic (exact) mass is 197 g/mol. The summed E-state index contributed by atoms with van der Waals surface area (Å²) < 4.78 is 0.495. The second kappa shape index (κ2) is 2.67. The van der Waals surface area contributed by atoms with Gasteiger partial charge in [0.15, 0.2) is 0 Å². The van der Waals surface area contributed by atoms with E-state index >= 15 is 0 Å². The smallest absolute Gasteiger partial charge is 0.125 e. The van der Waals surface area contributed by atoms with Crippen molar-refractivity contribution >= 4 is 21.6 Å². The van der Waals surface area contributed by atoms with Crippen LogP contribution in [0.4, 0.5) is 5.69 Å². The van der Waals surface area contributed by atoms with Crippen LogP contribution < -0.4 is 5.73 Å². The Morgan fingerprint density at radius 2 is 2.40 bits per heavy atom. The standard InChI is InChI=1S/C6H4BrN3/c7-6-4(3-8)5(9)1-2-10-6/h1-2H,(H2,9,10). The fourth-order valence-corrected chi connectivity index (χ4v) is 0.996. The first kappa shape index (κ1) is 7.03. The van der Waals surface area contributed by atoms with E-state index in [-0.39, 0.29) is 0 Å². The number of rotatable bonds is 0. The maximum absolute atomic E-state index is 8.50. The highest BCUT2D eigenvalue weighted by atomic mass is 79.9. The Bertz CT molecular complexity index is 269. The summed E-state index contributed by atoms with van der Waals surface area (Å²) in [5.41, 5.74) is 6.28. The van der Waals surface area contributed by atoms with Crippen molar-refractivity contribution < 1.29 is 0 Å². The zero-order valence-corrected chi connectivity index (χ0v) is 6.59. The molecule has 0 aliphatic rings. The normalized spacial score (nSPS) is 8.80. The highest BCUT2D eigenvalue weighted by molar-refractivity contribution is 9.10. The topological polar surface area (TPSA) is 62.7 Å². The molecule has 1 heterocycles. The fraction of sp³-hybridized carbons (Fsp3) is 0. The number of nitrogen functional groups attached to an aromatic ring is 1. The summed E-state index contributed by atoms with van der Waals surface area (Å²) in [6.07, 6.45) is 1.54. The number of hydrogen-bond donors (Lipinski definition) is 1.